The number of aliphatic carboxylic acids is 1. The standard InChI is InChI=1S/C15H17N3O4/c1-7-10(6-11(16)15(19)20)14-12(17-7)4-9(8-2-3-8)5-13(14)18(21)22/h4-5,8,11,17H,2-3,6,16H2,1H3,(H,19,20). The molecule has 0 amide bonds. The van der Waals surface area contributed by atoms with Crippen LogP contribution in [0.5, 0.6) is 0 Å². The molecule has 1 fully saturated rings. The molecule has 0 bridgehead atoms. The van der Waals surface area contributed by atoms with Gasteiger partial charge in [0.25, 0.3) is 5.69 Å². The third-order valence-electron chi connectivity index (χ3n) is 4.20. The van der Waals surface area contributed by atoms with Crippen molar-refractivity contribution in [3.63, 3.8) is 0 Å². The Bertz CT molecular complexity index is 777. The van der Waals surface area contributed by atoms with Gasteiger partial charge in [0.15, 0.2) is 0 Å². The van der Waals surface area contributed by atoms with E-state index in [1.807, 2.05) is 6.07 Å². The summed E-state index contributed by atoms with van der Waals surface area (Å²) < 4.78 is 0. The number of benzene rings is 1. The van der Waals surface area contributed by atoms with Gasteiger partial charge in [-0.1, -0.05) is 0 Å². The highest BCUT2D eigenvalue weighted by Crippen LogP contribution is 2.44. The van der Waals surface area contributed by atoms with Crippen LogP contribution in [-0.4, -0.2) is 27.0 Å². The van der Waals surface area contributed by atoms with Crippen molar-refractivity contribution in [1.29, 1.82) is 0 Å². The van der Waals surface area contributed by atoms with E-state index in [0.717, 1.165) is 24.1 Å². The van der Waals surface area contributed by atoms with Crippen LogP contribution in [0.25, 0.3) is 10.9 Å². The molecule has 1 aromatic carbocycles. The smallest absolute Gasteiger partial charge is 0.320 e. The van der Waals surface area contributed by atoms with Gasteiger partial charge in [-0.25, -0.2) is 0 Å². The number of H-pyrrole nitrogens is 1. The number of nitro benzene ring substituents is 1. The largest absolute Gasteiger partial charge is 0.480 e. The minimum Gasteiger partial charge on any atom is -0.480 e. The molecule has 22 heavy (non-hydrogen) atoms. The number of carboxylic acid groups (broad SMARTS) is 1. The van der Waals surface area contributed by atoms with Gasteiger partial charge >= 0.3 is 5.97 Å². The summed E-state index contributed by atoms with van der Waals surface area (Å²) in [4.78, 5) is 25.1. The van der Waals surface area contributed by atoms with Crippen molar-refractivity contribution in [3.8, 4) is 0 Å². The number of aromatic amines is 1. The Morgan fingerprint density at radius 3 is 2.77 bits per heavy atom. The zero-order valence-corrected chi connectivity index (χ0v) is 12.1. The number of nitrogens with two attached hydrogens (primary N) is 1. The average Bonchev–Trinajstić information content (AvgIpc) is 3.24. The third kappa shape index (κ3) is 2.43. The Morgan fingerprint density at radius 1 is 1.55 bits per heavy atom. The van der Waals surface area contributed by atoms with Gasteiger partial charge in [-0.15, -0.1) is 0 Å². The van der Waals surface area contributed by atoms with Gasteiger partial charge in [0.1, 0.15) is 6.04 Å². The van der Waals surface area contributed by atoms with Crippen LogP contribution in [0.3, 0.4) is 0 Å². The van der Waals surface area contributed by atoms with E-state index in [9.17, 15) is 14.9 Å². The molecule has 7 nitrogen and oxygen atoms in total. The second-order valence-electron chi connectivity index (χ2n) is 5.87. The Hall–Kier alpha value is -2.41. The number of rotatable bonds is 5. The molecule has 7 heteroatoms. The first-order chi connectivity index (χ1) is 10.4. The SMILES string of the molecule is Cc1[nH]c2cc(C3CC3)cc([N+](=O)[O-])c2c1CC(N)C(=O)O. The number of nitrogens with zero attached hydrogens (tertiary/aromatic N) is 1. The summed E-state index contributed by atoms with van der Waals surface area (Å²) in [7, 11) is 0. The number of nitrogens with one attached hydrogen (secondary N) is 1. The monoisotopic (exact) mass is 303 g/mol. The minimum absolute atomic E-state index is 0.0244. The quantitative estimate of drug-likeness (QED) is 0.577. The highest BCUT2D eigenvalue weighted by atomic mass is 16.6. The molecule has 1 atom stereocenters. The van der Waals surface area contributed by atoms with E-state index in [0.29, 0.717) is 22.4 Å². The van der Waals surface area contributed by atoms with E-state index in [1.54, 1.807) is 13.0 Å². The van der Waals surface area contributed by atoms with Crippen LogP contribution in [0.15, 0.2) is 12.1 Å². The van der Waals surface area contributed by atoms with Crippen molar-refractivity contribution in [2.75, 3.05) is 0 Å². The van der Waals surface area contributed by atoms with E-state index >= 15 is 0 Å². The summed E-state index contributed by atoms with van der Waals surface area (Å²) in [6.07, 6.45) is 2.17. The molecule has 1 aliphatic rings. The van der Waals surface area contributed by atoms with Crippen LogP contribution in [0, 0.1) is 17.0 Å². The fourth-order valence-electron chi connectivity index (χ4n) is 2.89. The molecule has 0 spiro atoms. The molecule has 116 valence electrons. The van der Waals surface area contributed by atoms with E-state index in [-0.39, 0.29) is 12.1 Å². The number of aromatic nitrogens is 1. The lowest BCUT2D eigenvalue weighted by Gasteiger charge is -2.07. The maximum atomic E-state index is 11.4. The molecular weight excluding hydrogens is 286 g/mol. The Labute approximate surface area is 126 Å². The van der Waals surface area contributed by atoms with Crippen molar-refractivity contribution in [1.82, 2.24) is 4.98 Å². The van der Waals surface area contributed by atoms with Gasteiger partial charge in [0.2, 0.25) is 0 Å². The number of aryl methyl sites for hydroxylation is 1. The van der Waals surface area contributed by atoms with Crippen molar-refractivity contribution < 1.29 is 14.8 Å². The molecule has 1 heterocycles. The average molecular weight is 303 g/mol. The number of non-ortho nitro benzene ring substituents is 1. The predicted octanol–water partition coefficient (Wildman–Crippen LogP) is 2.22. The number of carboxylic acids is 1. The topological polar surface area (TPSA) is 122 Å². The molecule has 0 saturated heterocycles. The number of hydrogen-bond donors (Lipinski definition) is 3. The Morgan fingerprint density at radius 2 is 2.23 bits per heavy atom. The van der Waals surface area contributed by atoms with Crippen LogP contribution in [0.2, 0.25) is 0 Å². The van der Waals surface area contributed by atoms with Crippen molar-refractivity contribution in [3.05, 3.63) is 39.1 Å². The van der Waals surface area contributed by atoms with E-state index in [1.165, 1.54) is 0 Å². The number of hydrogen-bond acceptors (Lipinski definition) is 4. The predicted molar refractivity (Wildman–Crippen MR) is 81.0 cm³/mol. The first kappa shape index (κ1) is 14.5. The Balaban J connectivity index is 2.17. The molecule has 0 aliphatic heterocycles. The molecule has 1 aromatic heterocycles. The first-order valence-electron chi connectivity index (χ1n) is 7.16. The fraction of sp³-hybridized carbons (Fsp3) is 0.400. The summed E-state index contributed by atoms with van der Waals surface area (Å²) in [6.45, 7) is 1.78. The molecule has 1 unspecified atom stereocenters. The second kappa shape index (κ2) is 5.10. The maximum Gasteiger partial charge on any atom is 0.320 e. The highest BCUT2D eigenvalue weighted by molar-refractivity contribution is 5.94. The van der Waals surface area contributed by atoms with Crippen LogP contribution in [0.4, 0.5) is 5.69 Å². The van der Waals surface area contributed by atoms with Gasteiger partial charge in [-0.3, -0.25) is 14.9 Å². The Kier molecular flexibility index (Phi) is 3.37. The maximum absolute atomic E-state index is 11.4. The first-order valence-corrected chi connectivity index (χ1v) is 7.16. The van der Waals surface area contributed by atoms with E-state index in [2.05, 4.69) is 4.98 Å². The van der Waals surface area contributed by atoms with Gasteiger partial charge in [0.05, 0.1) is 15.8 Å². The normalized spacial score (nSPS) is 15.9. The highest BCUT2D eigenvalue weighted by Gasteiger charge is 2.29. The molecule has 1 saturated carbocycles. The van der Waals surface area contributed by atoms with Crippen LogP contribution in [-0.2, 0) is 11.2 Å². The summed E-state index contributed by atoms with van der Waals surface area (Å²) in [5, 5.41) is 20.9. The third-order valence-corrected chi connectivity index (χ3v) is 4.20. The number of fused-ring (bicyclic) bond motifs is 1. The molecule has 1 aliphatic carbocycles. The van der Waals surface area contributed by atoms with Gasteiger partial charge in [0, 0.05) is 18.2 Å². The summed E-state index contributed by atoms with van der Waals surface area (Å²) in [5.74, 6) is -0.720. The molecule has 4 N–H and O–H groups in total. The van der Waals surface area contributed by atoms with Crippen LogP contribution >= 0.6 is 0 Å². The van der Waals surface area contributed by atoms with Gasteiger partial charge in [-0.2, -0.15) is 0 Å². The summed E-state index contributed by atoms with van der Waals surface area (Å²) >= 11 is 0. The zero-order valence-electron chi connectivity index (χ0n) is 12.1. The van der Waals surface area contributed by atoms with E-state index < -0.39 is 16.9 Å². The van der Waals surface area contributed by atoms with Crippen molar-refractivity contribution in [2.45, 2.75) is 38.1 Å². The number of nitro groups is 1. The van der Waals surface area contributed by atoms with E-state index in [4.69, 9.17) is 10.8 Å². The zero-order chi connectivity index (χ0) is 16.0. The van der Waals surface area contributed by atoms with Crippen molar-refractivity contribution >= 4 is 22.6 Å². The molecular formula is C15H17N3O4. The summed E-state index contributed by atoms with van der Waals surface area (Å²) in [5.41, 5.74) is 8.61. The minimum atomic E-state index is -1.12. The summed E-state index contributed by atoms with van der Waals surface area (Å²) in [6, 6.07) is 2.46. The molecule has 2 aromatic rings. The lowest BCUT2D eigenvalue weighted by Crippen LogP contribution is -2.32. The fourth-order valence-corrected chi connectivity index (χ4v) is 2.89. The molecule has 3 rings (SSSR count). The van der Waals surface area contributed by atoms with Gasteiger partial charge in [-0.05, 0) is 42.9 Å². The number of carbonyl (C=O) groups is 1. The lowest BCUT2D eigenvalue weighted by molar-refractivity contribution is -0.383. The van der Waals surface area contributed by atoms with Crippen molar-refractivity contribution in [2.24, 2.45) is 5.73 Å². The molecule has 0 radical (unpaired) electrons. The van der Waals surface area contributed by atoms with Crippen LogP contribution in [0.1, 0.15) is 35.6 Å². The second-order valence-corrected chi connectivity index (χ2v) is 5.87. The lowest BCUT2D eigenvalue weighted by atomic mass is 9.99. The van der Waals surface area contributed by atoms with Gasteiger partial charge < -0.3 is 15.8 Å². The van der Waals surface area contributed by atoms with Crippen LogP contribution < -0.4 is 5.73 Å².